The Morgan fingerprint density at radius 3 is 2.11 bits per heavy atom. The molecule has 140 valence electrons. The van der Waals surface area contributed by atoms with E-state index < -0.39 is 0 Å². The van der Waals surface area contributed by atoms with Crippen molar-refractivity contribution in [3.8, 4) is 5.69 Å². The first-order valence-electron chi connectivity index (χ1n) is 9.43. The maximum Gasteiger partial charge on any atom is 0.0539 e. The number of hydrogen-bond donors (Lipinski definition) is 1. The molecule has 2 heteroatoms. The van der Waals surface area contributed by atoms with Crippen LogP contribution in [0, 0.1) is 6.92 Å². The number of nitrogens with zero attached hydrogens (tertiary/aromatic N) is 1. The summed E-state index contributed by atoms with van der Waals surface area (Å²) in [5.41, 5.74) is 7.12. The van der Waals surface area contributed by atoms with Gasteiger partial charge in [-0.3, -0.25) is 0 Å². The molecular weight excluding hydrogens is 340 g/mol. The molecular formula is C26H26N2. The highest BCUT2D eigenvalue weighted by Gasteiger charge is 2.14. The lowest BCUT2D eigenvalue weighted by Gasteiger charge is -2.09. The van der Waals surface area contributed by atoms with Gasteiger partial charge in [0.2, 0.25) is 0 Å². The Kier molecular flexibility index (Phi) is 6.13. The molecule has 0 fully saturated rings. The third kappa shape index (κ3) is 3.77. The van der Waals surface area contributed by atoms with Crippen LogP contribution in [0.4, 0.5) is 11.4 Å². The van der Waals surface area contributed by atoms with E-state index in [1.807, 2.05) is 18.2 Å². The van der Waals surface area contributed by atoms with Gasteiger partial charge in [0.25, 0.3) is 0 Å². The molecule has 1 N–H and O–H groups in total. The maximum atomic E-state index is 3.50. The van der Waals surface area contributed by atoms with Gasteiger partial charge in [0.1, 0.15) is 0 Å². The van der Waals surface area contributed by atoms with Crippen molar-refractivity contribution < 1.29 is 0 Å². The van der Waals surface area contributed by atoms with Crippen LogP contribution in [0.3, 0.4) is 0 Å². The highest BCUT2D eigenvalue weighted by Crippen LogP contribution is 2.33. The summed E-state index contributed by atoms with van der Waals surface area (Å²) in [5.74, 6) is 0. The quantitative estimate of drug-likeness (QED) is 0.370. The second kappa shape index (κ2) is 8.92. The molecule has 0 unspecified atom stereocenters. The van der Waals surface area contributed by atoms with Gasteiger partial charge >= 0.3 is 0 Å². The van der Waals surface area contributed by atoms with Crippen LogP contribution < -0.4 is 5.32 Å². The van der Waals surface area contributed by atoms with Crippen molar-refractivity contribution in [3.63, 3.8) is 0 Å². The van der Waals surface area contributed by atoms with Crippen LogP contribution in [-0.4, -0.2) is 4.57 Å². The number of rotatable bonds is 4. The van der Waals surface area contributed by atoms with Gasteiger partial charge in [-0.25, -0.2) is 0 Å². The smallest absolute Gasteiger partial charge is 0.0539 e. The Morgan fingerprint density at radius 1 is 0.821 bits per heavy atom. The number of para-hydroxylation sites is 2. The third-order valence-electron chi connectivity index (χ3n) is 4.66. The lowest BCUT2D eigenvalue weighted by Crippen LogP contribution is -1.96. The Morgan fingerprint density at radius 2 is 1.46 bits per heavy atom. The summed E-state index contributed by atoms with van der Waals surface area (Å²) in [7, 11) is 0. The summed E-state index contributed by atoms with van der Waals surface area (Å²) in [6.45, 7) is 10.3. The molecule has 0 aliphatic heterocycles. The molecule has 4 rings (SSSR count). The van der Waals surface area contributed by atoms with Crippen LogP contribution in [0.5, 0.6) is 0 Å². The van der Waals surface area contributed by atoms with Gasteiger partial charge in [0.15, 0.2) is 0 Å². The zero-order chi connectivity index (χ0) is 19.9. The summed E-state index contributed by atoms with van der Waals surface area (Å²) in [5, 5.41) is 4.76. The predicted octanol–water partition coefficient (Wildman–Crippen LogP) is 7.52. The van der Waals surface area contributed by atoms with Crippen molar-refractivity contribution in [2.75, 3.05) is 5.32 Å². The molecule has 1 aromatic heterocycles. The fourth-order valence-corrected chi connectivity index (χ4v) is 3.50. The molecule has 0 saturated carbocycles. The second-order valence-corrected chi connectivity index (χ2v) is 6.39. The predicted molar refractivity (Wildman–Crippen MR) is 124 cm³/mol. The van der Waals surface area contributed by atoms with Crippen LogP contribution in [0.25, 0.3) is 22.7 Å². The molecule has 0 radical (unpaired) electrons. The molecule has 0 aliphatic carbocycles. The molecule has 0 atom stereocenters. The zero-order valence-corrected chi connectivity index (χ0v) is 16.5. The van der Waals surface area contributed by atoms with Gasteiger partial charge in [-0.2, -0.15) is 0 Å². The number of benzene rings is 3. The van der Waals surface area contributed by atoms with E-state index in [1.54, 1.807) is 0 Å². The van der Waals surface area contributed by atoms with E-state index in [1.165, 1.54) is 27.8 Å². The summed E-state index contributed by atoms with van der Waals surface area (Å²) in [6.07, 6.45) is 4.30. The summed E-state index contributed by atoms with van der Waals surface area (Å²) in [4.78, 5) is 0. The number of hydrogen-bond acceptors (Lipinski definition) is 1. The van der Waals surface area contributed by atoms with Gasteiger partial charge in [-0.05, 0) is 56.3 Å². The van der Waals surface area contributed by atoms with Crippen LogP contribution in [-0.2, 0) is 0 Å². The molecule has 1 heterocycles. The molecule has 0 aliphatic rings. The highest BCUT2D eigenvalue weighted by atomic mass is 15.0. The van der Waals surface area contributed by atoms with E-state index in [0.29, 0.717) is 0 Å². The number of anilines is 2. The lowest BCUT2D eigenvalue weighted by atomic mass is 10.1. The van der Waals surface area contributed by atoms with Gasteiger partial charge in [-0.15, -0.1) is 13.2 Å². The van der Waals surface area contributed by atoms with Crippen molar-refractivity contribution in [2.24, 2.45) is 0 Å². The second-order valence-electron chi connectivity index (χ2n) is 6.39. The summed E-state index contributed by atoms with van der Waals surface area (Å²) < 4.78 is 2.33. The molecule has 4 aromatic rings. The molecule has 2 nitrogen and oxygen atoms in total. The van der Waals surface area contributed by atoms with Gasteiger partial charge in [0.05, 0.1) is 5.52 Å². The van der Waals surface area contributed by atoms with E-state index in [-0.39, 0.29) is 0 Å². The first-order valence-corrected chi connectivity index (χ1v) is 9.43. The van der Waals surface area contributed by atoms with Gasteiger partial charge in [-0.1, -0.05) is 48.6 Å². The average Bonchev–Trinajstić information content (AvgIpc) is 3.02. The van der Waals surface area contributed by atoms with Crippen molar-refractivity contribution in [1.29, 1.82) is 0 Å². The van der Waals surface area contributed by atoms with Crippen molar-refractivity contribution >= 4 is 28.4 Å². The summed E-state index contributed by atoms with van der Waals surface area (Å²) >= 11 is 0. The Bertz CT molecular complexity index is 1070. The van der Waals surface area contributed by atoms with E-state index in [0.717, 1.165) is 11.4 Å². The highest BCUT2D eigenvalue weighted by molar-refractivity contribution is 5.95. The fraction of sp³-hybridized carbons (Fsp3) is 0.0769. The summed E-state index contributed by atoms with van der Waals surface area (Å²) in [6, 6.07) is 27.4. The minimum atomic E-state index is 1.10. The Balaban J connectivity index is 0.00000109. The first kappa shape index (κ1) is 19.2. The zero-order valence-electron chi connectivity index (χ0n) is 16.5. The molecule has 0 spiro atoms. The monoisotopic (exact) mass is 366 g/mol. The van der Waals surface area contributed by atoms with Crippen molar-refractivity contribution in [3.05, 3.63) is 109 Å². The molecule has 0 bridgehead atoms. The first-order chi connectivity index (χ1) is 13.8. The third-order valence-corrected chi connectivity index (χ3v) is 4.66. The largest absolute Gasteiger partial charge is 0.356 e. The number of fused-ring (bicyclic) bond motifs is 1. The van der Waals surface area contributed by atoms with E-state index >= 15 is 0 Å². The Labute approximate surface area is 167 Å². The van der Waals surface area contributed by atoms with E-state index in [2.05, 4.69) is 110 Å². The van der Waals surface area contributed by atoms with Crippen LogP contribution in [0.15, 0.2) is 98.1 Å². The Hall–Kier alpha value is -3.52. The fourth-order valence-electron chi connectivity index (χ4n) is 3.50. The van der Waals surface area contributed by atoms with Crippen LogP contribution in [0.2, 0.25) is 0 Å². The number of aromatic nitrogens is 1. The van der Waals surface area contributed by atoms with Gasteiger partial charge in [0, 0.05) is 33.7 Å². The van der Waals surface area contributed by atoms with Crippen LogP contribution >= 0.6 is 0 Å². The topological polar surface area (TPSA) is 17.0 Å². The number of allylic oxidation sites excluding steroid dienone is 1. The van der Waals surface area contributed by atoms with Gasteiger partial charge < -0.3 is 9.88 Å². The van der Waals surface area contributed by atoms with Crippen molar-refractivity contribution in [2.45, 2.75) is 13.8 Å². The average molecular weight is 367 g/mol. The number of nitrogens with one attached hydrogen (secondary N) is 1. The molecule has 0 saturated heterocycles. The minimum Gasteiger partial charge on any atom is -0.356 e. The standard InChI is InChI=1S/C24H22N2.C2H4/c1-3-10-22-18(2)26(21-13-8-5-9-14-21)24-16-15-20(17-23(22)24)25-19-11-6-4-7-12-19;1-2/h3-17,25H,1-2H3;1-2H2/b10-3-;. The lowest BCUT2D eigenvalue weighted by molar-refractivity contribution is 1.05. The van der Waals surface area contributed by atoms with Crippen LogP contribution in [0.1, 0.15) is 18.2 Å². The van der Waals surface area contributed by atoms with E-state index in [9.17, 15) is 0 Å². The molecule has 3 aromatic carbocycles. The SMILES string of the molecule is C/C=C\c1c(C)n(-c2ccccc2)c2ccc(Nc3ccccc3)cc12.C=C. The minimum absolute atomic E-state index is 1.10. The molecule has 0 amide bonds. The van der Waals surface area contributed by atoms with Crippen molar-refractivity contribution in [1.82, 2.24) is 4.57 Å². The maximum absolute atomic E-state index is 3.50. The molecule has 28 heavy (non-hydrogen) atoms. The van der Waals surface area contributed by atoms with E-state index in [4.69, 9.17) is 0 Å². The normalized spacial score (nSPS) is 10.6.